The summed E-state index contributed by atoms with van der Waals surface area (Å²) in [6.07, 6.45) is 2.91. The Kier molecular flexibility index (Phi) is 10.9. The number of methoxy groups -OCH3 is 1. The fourth-order valence-electron chi connectivity index (χ4n) is 4.46. The minimum Gasteiger partial charge on any atom is -0.385 e. The van der Waals surface area contributed by atoms with E-state index in [1.54, 1.807) is 48.4 Å². The highest BCUT2D eigenvalue weighted by molar-refractivity contribution is 7.89. The fraction of sp³-hybridized carbons (Fsp3) is 0.355. The number of carbonyl (C=O) groups excluding carboxylic acids is 2. The van der Waals surface area contributed by atoms with Gasteiger partial charge in [0, 0.05) is 44.3 Å². The van der Waals surface area contributed by atoms with E-state index in [1.165, 1.54) is 0 Å². The lowest BCUT2D eigenvalue weighted by Crippen LogP contribution is -2.43. The largest absolute Gasteiger partial charge is 0.385 e. The van der Waals surface area contributed by atoms with Crippen molar-refractivity contribution in [2.45, 2.75) is 55.6 Å². The van der Waals surface area contributed by atoms with Crippen molar-refractivity contribution >= 4 is 33.4 Å². The molecular formula is C31H36ClN3O5S. The first-order valence-electron chi connectivity index (χ1n) is 13.7. The van der Waals surface area contributed by atoms with Gasteiger partial charge < -0.3 is 15.0 Å². The standard InChI is InChI=1S/C31H36ClN3O5S/c1-40-21-5-20-33-31(37)30(25-6-3-2-4-7-25)35(22-24-8-13-26(32)14-9-24)29(36)19-12-23-10-17-28(18-11-23)41(38,39)34-27-15-16-27/h2-4,6-11,13-14,17-18,27,30,34H,5,12,15-16,19-22H2,1H3,(H,33,37)/t30-/m1/s1. The van der Waals surface area contributed by atoms with E-state index >= 15 is 0 Å². The Morgan fingerprint density at radius 3 is 2.27 bits per heavy atom. The predicted molar refractivity (Wildman–Crippen MR) is 159 cm³/mol. The Labute approximate surface area is 247 Å². The Hall–Kier alpha value is -3.24. The lowest BCUT2D eigenvalue weighted by atomic mass is 10.0. The monoisotopic (exact) mass is 597 g/mol. The van der Waals surface area contributed by atoms with E-state index in [9.17, 15) is 18.0 Å². The summed E-state index contributed by atoms with van der Waals surface area (Å²) in [6, 6.07) is 22.2. The Bertz CT molecular complexity index is 1400. The molecule has 0 aliphatic heterocycles. The summed E-state index contributed by atoms with van der Waals surface area (Å²) in [5.74, 6) is -0.472. The predicted octanol–water partition coefficient (Wildman–Crippen LogP) is 4.64. The maximum Gasteiger partial charge on any atom is 0.247 e. The van der Waals surface area contributed by atoms with Gasteiger partial charge in [-0.1, -0.05) is 66.2 Å². The Balaban J connectivity index is 1.54. The minimum absolute atomic E-state index is 0.0265. The summed E-state index contributed by atoms with van der Waals surface area (Å²) >= 11 is 6.09. The second-order valence-corrected chi connectivity index (χ2v) is 12.3. The minimum atomic E-state index is -3.55. The second-order valence-electron chi connectivity index (χ2n) is 10.1. The summed E-state index contributed by atoms with van der Waals surface area (Å²) in [6.45, 7) is 1.15. The van der Waals surface area contributed by atoms with Gasteiger partial charge in [-0.3, -0.25) is 9.59 Å². The molecule has 2 amide bonds. The van der Waals surface area contributed by atoms with E-state index in [1.807, 2.05) is 42.5 Å². The lowest BCUT2D eigenvalue weighted by Gasteiger charge is -2.32. The molecule has 0 unspecified atom stereocenters. The number of benzene rings is 3. The van der Waals surface area contributed by atoms with Gasteiger partial charge in [0.2, 0.25) is 21.8 Å². The molecule has 0 heterocycles. The number of nitrogens with one attached hydrogen (secondary N) is 2. The molecule has 1 fully saturated rings. The van der Waals surface area contributed by atoms with Crippen LogP contribution in [0.5, 0.6) is 0 Å². The van der Waals surface area contributed by atoms with Crippen LogP contribution in [0, 0.1) is 0 Å². The molecule has 218 valence electrons. The maximum atomic E-state index is 13.8. The second kappa shape index (κ2) is 14.6. The first-order valence-corrected chi connectivity index (χ1v) is 15.6. The topological polar surface area (TPSA) is 105 Å². The molecule has 0 spiro atoms. The summed E-state index contributed by atoms with van der Waals surface area (Å²) in [5.41, 5.74) is 2.38. The molecule has 0 saturated heterocycles. The van der Waals surface area contributed by atoms with Crippen molar-refractivity contribution in [2.75, 3.05) is 20.3 Å². The highest BCUT2D eigenvalue weighted by Gasteiger charge is 2.31. The van der Waals surface area contributed by atoms with Gasteiger partial charge in [-0.2, -0.15) is 0 Å². The van der Waals surface area contributed by atoms with Crippen LogP contribution in [0.15, 0.2) is 83.8 Å². The van der Waals surface area contributed by atoms with Gasteiger partial charge in [-0.15, -0.1) is 0 Å². The third-order valence-corrected chi connectivity index (χ3v) is 8.64. The SMILES string of the molecule is COCCCNC(=O)[C@@H](c1ccccc1)N(Cc1ccc(Cl)cc1)C(=O)CCc1ccc(S(=O)(=O)NC2CC2)cc1. The number of nitrogens with zero attached hydrogens (tertiary/aromatic N) is 1. The molecule has 4 rings (SSSR count). The quantitative estimate of drug-likeness (QED) is 0.249. The van der Waals surface area contributed by atoms with Crippen molar-refractivity contribution < 1.29 is 22.7 Å². The van der Waals surface area contributed by atoms with Crippen LogP contribution >= 0.6 is 11.6 Å². The average molecular weight is 598 g/mol. The molecule has 1 saturated carbocycles. The van der Waals surface area contributed by atoms with E-state index in [2.05, 4.69) is 10.0 Å². The molecule has 1 atom stereocenters. The number of aryl methyl sites for hydroxylation is 1. The van der Waals surface area contributed by atoms with Gasteiger partial charge in [-0.05, 0) is 66.6 Å². The van der Waals surface area contributed by atoms with Crippen LogP contribution in [0.25, 0.3) is 0 Å². The summed E-state index contributed by atoms with van der Waals surface area (Å²) in [5, 5.41) is 3.54. The third-order valence-electron chi connectivity index (χ3n) is 6.85. The maximum absolute atomic E-state index is 13.8. The van der Waals surface area contributed by atoms with Gasteiger partial charge >= 0.3 is 0 Å². The van der Waals surface area contributed by atoms with E-state index in [0.717, 1.165) is 24.0 Å². The van der Waals surface area contributed by atoms with Crippen LogP contribution in [0.1, 0.15) is 48.4 Å². The van der Waals surface area contributed by atoms with Gasteiger partial charge in [0.1, 0.15) is 6.04 Å². The smallest absolute Gasteiger partial charge is 0.247 e. The highest BCUT2D eigenvalue weighted by atomic mass is 35.5. The highest BCUT2D eigenvalue weighted by Crippen LogP contribution is 2.26. The van der Waals surface area contributed by atoms with Crippen molar-refractivity contribution in [2.24, 2.45) is 0 Å². The molecule has 0 radical (unpaired) electrons. The van der Waals surface area contributed by atoms with E-state index < -0.39 is 16.1 Å². The van der Waals surface area contributed by atoms with Crippen molar-refractivity contribution in [3.8, 4) is 0 Å². The zero-order chi connectivity index (χ0) is 29.2. The number of amides is 2. The number of ether oxygens (including phenoxy) is 1. The van der Waals surface area contributed by atoms with Gasteiger partial charge in [-0.25, -0.2) is 13.1 Å². The molecule has 2 N–H and O–H groups in total. The van der Waals surface area contributed by atoms with Crippen LogP contribution in [0.4, 0.5) is 0 Å². The van der Waals surface area contributed by atoms with Crippen LogP contribution in [0.3, 0.4) is 0 Å². The molecule has 3 aromatic carbocycles. The Morgan fingerprint density at radius 1 is 0.976 bits per heavy atom. The summed E-state index contributed by atoms with van der Waals surface area (Å²) < 4.78 is 32.8. The van der Waals surface area contributed by atoms with Crippen LogP contribution in [-0.2, 0) is 37.3 Å². The van der Waals surface area contributed by atoms with Crippen LogP contribution in [0.2, 0.25) is 5.02 Å². The Morgan fingerprint density at radius 2 is 1.63 bits per heavy atom. The first-order chi connectivity index (χ1) is 19.8. The number of rotatable bonds is 15. The average Bonchev–Trinajstić information content (AvgIpc) is 3.79. The van der Waals surface area contributed by atoms with Crippen molar-refractivity contribution in [1.29, 1.82) is 0 Å². The number of carbonyl (C=O) groups is 2. The number of sulfonamides is 1. The molecule has 0 bridgehead atoms. The van der Waals surface area contributed by atoms with Gasteiger partial charge in [0.25, 0.3) is 0 Å². The van der Waals surface area contributed by atoms with Gasteiger partial charge in [0.05, 0.1) is 4.90 Å². The number of hydrogen-bond acceptors (Lipinski definition) is 5. The zero-order valence-corrected chi connectivity index (χ0v) is 24.7. The number of hydrogen-bond donors (Lipinski definition) is 2. The normalized spacial score (nSPS) is 13.9. The molecule has 1 aliphatic carbocycles. The molecule has 1 aliphatic rings. The molecule has 3 aromatic rings. The summed E-state index contributed by atoms with van der Waals surface area (Å²) in [4.78, 5) is 29.2. The van der Waals surface area contributed by atoms with Crippen LogP contribution in [-0.4, -0.2) is 51.4 Å². The third kappa shape index (κ3) is 9.13. The lowest BCUT2D eigenvalue weighted by molar-refractivity contribution is -0.141. The van der Waals surface area contributed by atoms with Crippen LogP contribution < -0.4 is 10.0 Å². The van der Waals surface area contributed by atoms with E-state index in [4.69, 9.17) is 16.3 Å². The summed E-state index contributed by atoms with van der Waals surface area (Å²) in [7, 11) is -1.94. The fourth-order valence-corrected chi connectivity index (χ4v) is 5.89. The zero-order valence-electron chi connectivity index (χ0n) is 23.1. The van der Waals surface area contributed by atoms with Crippen molar-refractivity contribution in [1.82, 2.24) is 14.9 Å². The van der Waals surface area contributed by atoms with E-state index in [0.29, 0.717) is 36.6 Å². The molecular weight excluding hydrogens is 562 g/mol. The van der Waals surface area contributed by atoms with Crippen molar-refractivity contribution in [3.05, 3.63) is 101 Å². The first kappa shape index (κ1) is 30.7. The molecule has 10 heteroatoms. The molecule has 0 aromatic heterocycles. The van der Waals surface area contributed by atoms with Crippen molar-refractivity contribution in [3.63, 3.8) is 0 Å². The molecule has 41 heavy (non-hydrogen) atoms. The van der Waals surface area contributed by atoms with E-state index in [-0.39, 0.29) is 35.7 Å². The molecule has 8 nitrogen and oxygen atoms in total. The van der Waals surface area contributed by atoms with Gasteiger partial charge in [0.15, 0.2) is 0 Å². The number of halogens is 1.